The number of aryl methyl sites for hydroxylation is 1. The molecule has 0 fully saturated rings. The third kappa shape index (κ3) is 3.26. The van der Waals surface area contributed by atoms with Gasteiger partial charge < -0.3 is 9.47 Å². The summed E-state index contributed by atoms with van der Waals surface area (Å²) in [6.07, 6.45) is 3.54. The Balaban J connectivity index is 2.03. The fraction of sp³-hybridized carbons (Fsp3) is 0.200. The van der Waals surface area contributed by atoms with E-state index in [1.54, 1.807) is 12.3 Å². The summed E-state index contributed by atoms with van der Waals surface area (Å²) in [6.45, 7) is 0. The fourth-order valence-electron chi connectivity index (χ4n) is 1.76. The second-order valence-electron chi connectivity index (χ2n) is 4.69. The first-order chi connectivity index (χ1) is 9.58. The summed E-state index contributed by atoms with van der Waals surface area (Å²) in [6, 6.07) is 11.2. The Morgan fingerprint density at radius 1 is 1.30 bits per heavy atom. The molecule has 1 aromatic heterocycles. The van der Waals surface area contributed by atoms with Gasteiger partial charge in [-0.15, -0.1) is 0 Å². The summed E-state index contributed by atoms with van der Waals surface area (Å²) >= 11 is 0. The molecule has 0 radical (unpaired) electrons. The lowest BCUT2D eigenvalue weighted by Gasteiger charge is -2.12. The SMILES string of the molecule is CN(C)c1cccc(C(=O)NN=Cc2cccn2C)c1. The van der Waals surface area contributed by atoms with Crippen LogP contribution in [0, 0.1) is 0 Å². The van der Waals surface area contributed by atoms with Crippen molar-refractivity contribution in [3.05, 3.63) is 53.9 Å². The quantitative estimate of drug-likeness (QED) is 0.681. The summed E-state index contributed by atoms with van der Waals surface area (Å²) in [5, 5.41) is 3.97. The topological polar surface area (TPSA) is 49.6 Å². The molecule has 0 bridgehead atoms. The number of nitrogens with zero attached hydrogens (tertiary/aromatic N) is 3. The Hall–Kier alpha value is -2.56. The van der Waals surface area contributed by atoms with Gasteiger partial charge in [0.2, 0.25) is 0 Å². The summed E-state index contributed by atoms with van der Waals surface area (Å²) in [4.78, 5) is 13.9. The zero-order chi connectivity index (χ0) is 14.5. The number of hydrazone groups is 1. The molecule has 0 spiro atoms. The molecular formula is C15H18N4O. The zero-order valence-corrected chi connectivity index (χ0v) is 11.9. The largest absolute Gasteiger partial charge is 0.378 e. The van der Waals surface area contributed by atoms with Crippen LogP contribution in [0.25, 0.3) is 0 Å². The molecule has 0 saturated carbocycles. The van der Waals surface area contributed by atoms with Crippen molar-refractivity contribution in [2.75, 3.05) is 19.0 Å². The molecule has 2 rings (SSSR count). The van der Waals surface area contributed by atoms with E-state index in [9.17, 15) is 4.79 Å². The number of aromatic nitrogens is 1. The molecule has 1 N–H and O–H groups in total. The molecule has 2 aromatic rings. The van der Waals surface area contributed by atoms with Crippen molar-refractivity contribution in [1.82, 2.24) is 9.99 Å². The number of carbonyl (C=O) groups is 1. The van der Waals surface area contributed by atoms with Crippen molar-refractivity contribution >= 4 is 17.8 Å². The van der Waals surface area contributed by atoms with Crippen molar-refractivity contribution < 1.29 is 4.79 Å². The third-order valence-electron chi connectivity index (χ3n) is 2.97. The average molecular weight is 270 g/mol. The van der Waals surface area contributed by atoms with Crippen LogP contribution < -0.4 is 10.3 Å². The minimum atomic E-state index is -0.223. The predicted octanol–water partition coefficient (Wildman–Crippen LogP) is 1.85. The van der Waals surface area contributed by atoms with E-state index in [0.717, 1.165) is 11.4 Å². The van der Waals surface area contributed by atoms with Gasteiger partial charge in [-0.1, -0.05) is 6.07 Å². The summed E-state index contributed by atoms with van der Waals surface area (Å²) in [5.74, 6) is -0.223. The lowest BCUT2D eigenvalue weighted by molar-refractivity contribution is 0.0955. The first-order valence-corrected chi connectivity index (χ1v) is 6.30. The number of hydrogen-bond donors (Lipinski definition) is 1. The molecule has 0 aliphatic heterocycles. The monoisotopic (exact) mass is 270 g/mol. The number of benzene rings is 1. The first-order valence-electron chi connectivity index (χ1n) is 6.30. The molecule has 0 aliphatic carbocycles. The summed E-state index contributed by atoms with van der Waals surface area (Å²) < 4.78 is 1.92. The zero-order valence-electron chi connectivity index (χ0n) is 11.9. The third-order valence-corrected chi connectivity index (χ3v) is 2.97. The average Bonchev–Trinajstić information content (AvgIpc) is 2.84. The van der Waals surface area contributed by atoms with Crippen molar-refractivity contribution in [1.29, 1.82) is 0 Å². The molecule has 0 atom stereocenters. The van der Waals surface area contributed by atoms with Gasteiger partial charge in [0, 0.05) is 38.6 Å². The van der Waals surface area contributed by atoms with Gasteiger partial charge in [-0.2, -0.15) is 5.10 Å². The highest BCUT2D eigenvalue weighted by atomic mass is 16.2. The molecule has 5 nitrogen and oxygen atoms in total. The van der Waals surface area contributed by atoms with Crippen LogP contribution in [0.5, 0.6) is 0 Å². The van der Waals surface area contributed by atoms with E-state index in [0.29, 0.717) is 5.56 Å². The van der Waals surface area contributed by atoms with Crippen LogP contribution >= 0.6 is 0 Å². The van der Waals surface area contributed by atoms with E-state index < -0.39 is 0 Å². The van der Waals surface area contributed by atoms with E-state index in [4.69, 9.17) is 0 Å². The van der Waals surface area contributed by atoms with Crippen LogP contribution in [0.4, 0.5) is 5.69 Å². The van der Waals surface area contributed by atoms with Gasteiger partial charge >= 0.3 is 0 Å². The van der Waals surface area contributed by atoms with E-state index in [-0.39, 0.29) is 5.91 Å². The highest BCUT2D eigenvalue weighted by Gasteiger charge is 2.05. The Kier molecular flexibility index (Phi) is 4.20. The number of amides is 1. The number of carbonyl (C=O) groups excluding carboxylic acids is 1. The summed E-state index contributed by atoms with van der Waals surface area (Å²) in [7, 11) is 5.79. The fourth-order valence-corrected chi connectivity index (χ4v) is 1.76. The molecule has 0 aliphatic rings. The molecule has 5 heteroatoms. The van der Waals surface area contributed by atoms with Crippen molar-refractivity contribution in [3.63, 3.8) is 0 Å². The molecular weight excluding hydrogens is 252 g/mol. The van der Waals surface area contributed by atoms with Gasteiger partial charge in [0.1, 0.15) is 0 Å². The van der Waals surface area contributed by atoms with E-state index in [1.165, 1.54) is 0 Å². The second kappa shape index (κ2) is 6.06. The van der Waals surface area contributed by atoms with Gasteiger partial charge in [-0.25, -0.2) is 5.43 Å². The number of nitrogens with one attached hydrogen (secondary N) is 1. The predicted molar refractivity (Wildman–Crippen MR) is 81.2 cm³/mol. The summed E-state index contributed by atoms with van der Waals surface area (Å²) in [5.41, 5.74) is 5.01. The highest BCUT2D eigenvalue weighted by molar-refractivity contribution is 5.95. The molecule has 0 saturated heterocycles. The van der Waals surface area contributed by atoms with Crippen molar-refractivity contribution in [2.24, 2.45) is 12.1 Å². The molecule has 0 unspecified atom stereocenters. The van der Waals surface area contributed by atoms with Gasteiger partial charge in [0.25, 0.3) is 5.91 Å². The lowest BCUT2D eigenvalue weighted by atomic mass is 10.2. The van der Waals surface area contributed by atoms with Crippen LogP contribution in [0.2, 0.25) is 0 Å². The number of rotatable bonds is 4. The van der Waals surface area contributed by atoms with E-state index in [2.05, 4.69) is 10.5 Å². The maximum atomic E-state index is 12.0. The molecule has 20 heavy (non-hydrogen) atoms. The normalized spacial score (nSPS) is 10.8. The number of hydrogen-bond acceptors (Lipinski definition) is 3. The Morgan fingerprint density at radius 2 is 2.10 bits per heavy atom. The van der Waals surface area contributed by atoms with E-state index in [1.807, 2.05) is 67.1 Å². The van der Waals surface area contributed by atoms with Crippen LogP contribution in [0.1, 0.15) is 16.1 Å². The molecule has 1 heterocycles. The molecule has 1 amide bonds. The molecule has 1 aromatic carbocycles. The van der Waals surface area contributed by atoms with Crippen LogP contribution in [-0.4, -0.2) is 30.8 Å². The van der Waals surface area contributed by atoms with Gasteiger partial charge in [0.15, 0.2) is 0 Å². The van der Waals surface area contributed by atoms with Crippen LogP contribution in [0.15, 0.2) is 47.7 Å². The Morgan fingerprint density at radius 3 is 2.75 bits per heavy atom. The smallest absolute Gasteiger partial charge is 0.271 e. The van der Waals surface area contributed by atoms with Gasteiger partial charge in [0.05, 0.1) is 11.9 Å². The minimum Gasteiger partial charge on any atom is -0.378 e. The Labute approximate surface area is 118 Å². The van der Waals surface area contributed by atoms with Crippen LogP contribution in [0.3, 0.4) is 0 Å². The standard InChI is InChI=1S/C15H18N4O/c1-18(2)13-7-4-6-12(10-13)15(20)17-16-11-14-8-5-9-19(14)3/h4-11H,1-3H3,(H,17,20). The maximum absolute atomic E-state index is 12.0. The van der Waals surface area contributed by atoms with Gasteiger partial charge in [-0.3, -0.25) is 4.79 Å². The van der Waals surface area contributed by atoms with Gasteiger partial charge in [-0.05, 0) is 30.3 Å². The van der Waals surface area contributed by atoms with Crippen molar-refractivity contribution in [2.45, 2.75) is 0 Å². The van der Waals surface area contributed by atoms with Crippen molar-refractivity contribution in [3.8, 4) is 0 Å². The number of anilines is 1. The highest BCUT2D eigenvalue weighted by Crippen LogP contribution is 2.13. The lowest BCUT2D eigenvalue weighted by Crippen LogP contribution is -2.18. The Bertz CT molecular complexity index is 628. The first kappa shape index (κ1) is 13.9. The van der Waals surface area contributed by atoms with Crippen LogP contribution in [-0.2, 0) is 7.05 Å². The minimum absolute atomic E-state index is 0.223. The maximum Gasteiger partial charge on any atom is 0.271 e. The molecule has 104 valence electrons. The van der Waals surface area contributed by atoms with E-state index >= 15 is 0 Å². The second-order valence-corrected chi connectivity index (χ2v) is 4.69.